The van der Waals surface area contributed by atoms with E-state index in [-0.39, 0.29) is 14.7 Å². The van der Waals surface area contributed by atoms with E-state index in [4.69, 9.17) is 9.11 Å². The van der Waals surface area contributed by atoms with Crippen molar-refractivity contribution in [3.05, 3.63) is 42.5 Å². The summed E-state index contributed by atoms with van der Waals surface area (Å²) in [7, 11) is -8.72. The molecule has 0 spiro atoms. The predicted octanol–water partition coefficient (Wildman–Crippen LogP) is 2.62. The smallest absolute Gasteiger partial charge is 0.282 e. The maximum atomic E-state index is 11.2. The first kappa shape index (κ1) is 17.3. The van der Waals surface area contributed by atoms with Gasteiger partial charge in [0.05, 0.1) is 4.90 Å². The van der Waals surface area contributed by atoms with E-state index in [1.165, 1.54) is 30.3 Å². The molecule has 118 valence electrons. The number of hydrogen-bond acceptors (Lipinski definition) is 6. The van der Waals surface area contributed by atoms with Crippen LogP contribution in [0.5, 0.6) is 0 Å². The molecule has 0 saturated heterocycles. The van der Waals surface area contributed by atoms with Crippen LogP contribution in [0.4, 0.5) is 0 Å². The lowest BCUT2D eigenvalue weighted by atomic mass is 10.4. The van der Waals surface area contributed by atoms with Gasteiger partial charge in [-0.3, -0.25) is 9.11 Å². The molecule has 0 aliphatic heterocycles. The molecule has 0 radical (unpaired) electrons. The van der Waals surface area contributed by atoms with Gasteiger partial charge in [-0.25, -0.2) is 0 Å². The Morgan fingerprint density at radius 1 is 0.864 bits per heavy atom. The SMILES string of the molecule is O=S(=O)(O)c1cccc(Sc2ccc(S)c(S(=O)(=O)O)c2)c1. The lowest BCUT2D eigenvalue weighted by molar-refractivity contribution is 0.479. The monoisotopic (exact) mass is 378 g/mol. The van der Waals surface area contributed by atoms with Gasteiger partial charge in [0.15, 0.2) is 0 Å². The minimum atomic E-state index is -4.41. The molecular weight excluding hydrogens is 368 g/mol. The zero-order chi connectivity index (χ0) is 16.5. The second-order valence-corrected chi connectivity index (χ2v) is 8.60. The van der Waals surface area contributed by atoms with Gasteiger partial charge in [-0.05, 0) is 36.4 Å². The molecule has 0 saturated carbocycles. The van der Waals surface area contributed by atoms with E-state index in [2.05, 4.69) is 12.6 Å². The van der Waals surface area contributed by atoms with E-state index in [0.717, 1.165) is 11.8 Å². The summed E-state index contributed by atoms with van der Waals surface area (Å²) in [6.07, 6.45) is 0. The highest BCUT2D eigenvalue weighted by Gasteiger charge is 2.15. The third-order valence-electron chi connectivity index (χ3n) is 2.55. The highest BCUT2D eigenvalue weighted by atomic mass is 32.2. The van der Waals surface area contributed by atoms with Crippen molar-refractivity contribution in [2.45, 2.75) is 24.5 Å². The van der Waals surface area contributed by atoms with Crippen molar-refractivity contribution in [3.8, 4) is 0 Å². The van der Waals surface area contributed by atoms with Crippen LogP contribution < -0.4 is 0 Å². The van der Waals surface area contributed by atoms with Gasteiger partial charge in [0.2, 0.25) is 0 Å². The molecule has 0 amide bonds. The van der Waals surface area contributed by atoms with Crippen LogP contribution in [0.2, 0.25) is 0 Å². The third-order valence-corrected chi connectivity index (χ3v) is 5.81. The summed E-state index contributed by atoms with van der Waals surface area (Å²) in [6, 6.07) is 9.73. The van der Waals surface area contributed by atoms with Gasteiger partial charge < -0.3 is 0 Å². The molecule has 0 aliphatic carbocycles. The van der Waals surface area contributed by atoms with Crippen LogP contribution in [0, 0.1) is 0 Å². The van der Waals surface area contributed by atoms with Gasteiger partial charge in [-0.15, -0.1) is 12.6 Å². The molecule has 0 atom stereocenters. The van der Waals surface area contributed by atoms with E-state index in [1.54, 1.807) is 12.1 Å². The largest absolute Gasteiger partial charge is 0.295 e. The number of thiol groups is 1. The third kappa shape index (κ3) is 4.24. The molecule has 0 fully saturated rings. The molecular formula is C12H10O6S4. The van der Waals surface area contributed by atoms with Crippen molar-refractivity contribution in [1.29, 1.82) is 0 Å². The Morgan fingerprint density at radius 3 is 2.09 bits per heavy atom. The maximum absolute atomic E-state index is 11.2. The highest BCUT2D eigenvalue weighted by Crippen LogP contribution is 2.32. The van der Waals surface area contributed by atoms with Crippen molar-refractivity contribution in [1.82, 2.24) is 0 Å². The Labute approximate surface area is 137 Å². The molecule has 0 heterocycles. The fraction of sp³-hybridized carbons (Fsp3) is 0. The minimum absolute atomic E-state index is 0.0959. The summed E-state index contributed by atoms with van der Waals surface area (Å²) >= 11 is 5.03. The Balaban J connectivity index is 2.40. The highest BCUT2D eigenvalue weighted by molar-refractivity contribution is 7.99. The van der Waals surface area contributed by atoms with Gasteiger partial charge >= 0.3 is 0 Å². The number of rotatable bonds is 4. The van der Waals surface area contributed by atoms with Gasteiger partial charge in [0.25, 0.3) is 20.2 Å². The Hall–Kier alpha value is -1.04. The van der Waals surface area contributed by atoms with E-state index >= 15 is 0 Å². The number of hydrogen-bond donors (Lipinski definition) is 3. The first-order valence-corrected chi connectivity index (χ1v) is 9.78. The van der Waals surface area contributed by atoms with Crippen molar-refractivity contribution in [3.63, 3.8) is 0 Å². The second-order valence-electron chi connectivity index (χ2n) is 4.16. The van der Waals surface area contributed by atoms with E-state index in [0.29, 0.717) is 9.79 Å². The van der Waals surface area contributed by atoms with E-state index in [1.807, 2.05) is 0 Å². The molecule has 10 heteroatoms. The van der Waals surface area contributed by atoms with Gasteiger partial charge in [0, 0.05) is 14.7 Å². The Morgan fingerprint density at radius 2 is 1.50 bits per heavy atom. The maximum Gasteiger partial charge on any atom is 0.295 e. The normalized spacial score (nSPS) is 12.3. The van der Waals surface area contributed by atoms with Gasteiger partial charge in [-0.2, -0.15) is 16.8 Å². The summed E-state index contributed by atoms with van der Waals surface area (Å²) in [5.41, 5.74) is 0. The van der Waals surface area contributed by atoms with E-state index in [9.17, 15) is 16.8 Å². The summed E-state index contributed by atoms with van der Waals surface area (Å²) in [4.78, 5) is 0.421. The summed E-state index contributed by atoms with van der Waals surface area (Å²) in [5, 5.41) is 0. The van der Waals surface area contributed by atoms with Gasteiger partial charge in [0.1, 0.15) is 4.90 Å². The summed E-state index contributed by atoms with van der Waals surface area (Å²) < 4.78 is 62.8. The predicted molar refractivity (Wildman–Crippen MR) is 83.9 cm³/mol. The topological polar surface area (TPSA) is 109 Å². The van der Waals surface area contributed by atoms with Crippen molar-refractivity contribution < 1.29 is 25.9 Å². The Bertz CT molecular complexity index is 918. The fourth-order valence-corrected chi connectivity index (χ4v) is 4.29. The van der Waals surface area contributed by atoms with Crippen LogP contribution in [0.15, 0.2) is 66.9 Å². The molecule has 0 bridgehead atoms. The van der Waals surface area contributed by atoms with Crippen molar-refractivity contribution in [2.24, 2.45) is 0 Å². The van der Waals surface area contributed by atoms with Crippen LogP contribution >= 0.6 is 24.4 Å². The molecule has 2 rings (SSSR count). The zero-order valence-corrected chi connectivity index (χ0v) is 14.1. The quantitative estimate of drug-likeness (QED) is 0.554. The van der Waals surface area contributed by atoms with Crippen LogP contribution in [0.3, 0.4) is 0 Å². The van der Waals surface area contributed by atoms with Crippen molar-refractivity contribution >= 4 is 44.6 Å². The van der Waals surface area contributed by atoms with Gasteiger partial charge in [-0.1, -0.05) is 17.8 Å². The minimum Gasteiger partial charge on any atom is -0.282 e. The summed E-state index contributed by atoms with van der Waals surface area (Å²) in [5.74, 6) is 0. The molecule has 0 aliphatic rings. The van der Waals surface area contributed by atoms with Crippen LogP contribution in [0.25, 0.3) is 0 Å². The Kier molecular flexibility index (Phi) is 4.90. The molecule has 2 N–H and O–H groups in total. The first-order valence-electron chi connectivity index (χ1n) is 5.63. The number of benzene rings is 2. The average Bonchev–Trinajstić information content (AvgIpc) is 2.39. The summed E-state index contributed by atoms with van der Waals surface area (Å²) in [6.45, 7) is 0. The van der Waals surface area contributed by atoms with Crippen molar-refractivity contribution in [2.75, 3.05) is 0 Å². The lowest BCUT2D eigenvalue weighted by Gasteiger charge is -2.07. The fourth-order valence-electron chi connectivity index (χ4n) is 1.60. The lowest BCUT2D eigenvalue weighted by Crippen LogP contribution is -1.99. The molecule has 6 nitrogen and oxygen atoms in total. The van der Waals surface area contributed by atoms with Crippen LogP contribution in [0.1, 0.15) is 0 Å². The zero-order valence-electron chi connectivity index (χ0n) is 10.7. The standard InChI is InChI=1S/C12H10O6S4/c13-21(14,15)10-3-1-2-8(6-10)20-9-4-5-11(19)12(7-9)22(16,17)18/h1-7,19H,(H,13,14,15)(H,16,17,18). The molecule has 22 heavy (non-hydrogen) atoms. The molecule has 0 unspecified atom stereocenters. The van der Waals surface area contributed by atoms with E-state index < -0.39 is 20.2 Å². The average molecular weight is 378 g/mol. The molecule has 2 aromatic rings. The molecule has 2 aromatic carbocycles. The first-order chi connectivity index (χ1) is 10.1. The second kappa shape index (κ2) is 6.22. The molecule has 0 aromatic heterocycles. The van der Waals surface area contributed by atoms with Crippen LogP contribution in [-0.4, -0.2) is 25.9 Å². The van der Waals surface area contributed by atoms with Crippen LogP contribution in [-0.2, 0) is 20.2 Å².